The van der Waals surface area contributed by atoms with Crippen molar-refractivity contribution in [1.82, 2.24) is 0 Å². The van der Waals surface area contributed by atoms with Crippen molar-refractivity contribution in [1.29, 1.82) is 0 Å². The minimum atomic E-state index is 0.829. The first-order valence-electron chi connectivity index (χ1n) is 5.53. The van der Waals surface area contributed by atoms with Crippen LogP contribution in [0.2, 0.25) is 0 Å². The summed E-state index contributed by atoms with van der Waals surface area (Å²) in [5.41, 5.74) is 7.96. The van der Waals surface area contributed by atoms with Crippen molar-refractivity contribution in [2.75, 3.05) is 5.73 Å². The molecule has 0 fully saturated rings. The highest BCUT2D eigenvalue weighted by Crippen LogP contribution is 2.12. The van der Waals surface area contributed by atoms with Gasteiger partial charge in [-0.3, -0.25) is 0 Å². The molecule has 0 aromatic heterocycles. The maximum atomic E-state index is 5.71. The normalized spacial score (nSPS) is 10.8. The van der Waals surface area contributed by atoms with Gasteiger partial charge in [-0.15, -0.1) is 0 Å². The lowest BCUT2D eigenvalue weighted by Gasteiger charge is -2.04. The smallest absolute Gasteiger partial charge is 0.0316 e. The van der Waals surface area contributed by atoms with E-state index in [-0.39, 0.29) is 0 Å². The molecular weight excluding hydrogens is 170 g/mol. The molecule has 1 rings (SSSR count). The van der Waals surface area contributed by atoms with E-state index in [9.17, 15) is 0 Å². The van der Waals surface area contributed by atoms with Crippen molar-refractivity contribution in [3.63, 3.8) is 0 Å². The molecule has 1 aromatic carbocycles. The summed E-state index contributed by atoms with van der Waals surface area (Å²) in [4.78, 5) is 0. The lowest BCUT2D eigenvalue weighted by Crippen LogP contribution is -1.91. The Balaban J connectivity index is 2.25. The lowest BCUT2D eigenvalue weighted by atomic mass is 10.0. The van der Waals surface area contributed by atoms with Crippen LogP contribution < -0.4 is 5.73 Å². The number of anilines is 1. The molecule has 1 heteroatoms. The van der Waals surface area contributed by atoms with E-state index in [2.05, 4.69) is 26.0 Å². The molecule has 0 unspecified atom stereocenters. The van der Waals surface area contributed by atoms with Gasteiger partial charge >= 0.3 is 0 Å². The van der Waals surface area contributed by atoms with Crippen molar-refractivity contribution in [3.8, 4) is 0 Å². The summed E-state index contributed by atoms with van der Waals surface area (Å²) in [5, 5.41) is 0. The molecule has 0 spiro atoms. The van der Waals surface area contributed by atoms with Crippen molar-refractivity contribution < 1.29 is 0 Å². The number of hydrogen-bond acceptors (Lipinski definition) is 1. The molecule has 2 N–H and O–H groups in total. The van der Waals surface area contributed by atoms with E-state index in [4.69, 9.17) is 5.73 Å². The molecule has 0 atom stereocenters. The highest BCUT2D eigenvalue weighted by atomic mass is 14.5. The van der Waals surface area contributed by atoms with Gasteiger partial charge in [0.15, 0.2) is 0 Å². The van der Waals surface area contributed by atoms with Crippen LogP contribution in [0.25, 0.3) is 0 Å². The van der Waals surface area contributed by atoms with Gasteiger partial charge in [0.05, 0.1) is 0 Å². The van der Waals surface area contributed by atoms with Crippen molar-refractivity contribution in [2.45, 2.75) is 39.5 Å². The van der Waals surface area contributed by atoms with Gasteiger partial charge < -0.3 is 5.73 Å². The van der Waals surface area contributed by atoms with Crippen LogP contribution in [0.1, 0.15) is 38.7 Å². The van der Waals surface area contributed by atoms with Crippen LogP contribution in [0.5, 0.6) is 0 Å². The summed E-state index contributed by atoms with van der Waals surface area (Å²) in [7, 11) is 0. The quantitative estimate of drug-likeness (QED) is 0.558. The van der Waals surface area contributed by atoms with Gasteiger partial charge in [0.2, 0.25) is 0 Å². The third-order valence-electron chi connectivity index (χ3n) is 2.45. The van der Waals surface area contributed by atoms with Gasteiger partial charge in [0.25, 0.3) is 0 Å². The lowest BCUT2D eigenvalue weighted by molar-refractivity contribution is 0.538. The van der Waals surface area contributed by atoms with Gasteiger partial charge in [-0.2, -0.15) is 0 Å². The second kappa shape index (κ2) is 5.69. The van der Waals surface area contributed by atoms with Crippen molar-refractivity contribution >= 4 is 5.69 Å². The molecule has 0 saturated heterocycles. The molecule has 0 radical (unpaired) electrons. The molecule has 0 aliphatic heterocycles. The number of nitrogen functional groups attached to an aromatic ring is 1. The van der Waals surface area contributed by atoms with E-state index in [1.54, 1.807) is 0 Å². The monoisotopic (exact) mass is 191 g/mol. The Morgan fingerprint density at radius 1 is 1.21 bits per heavy atom. The zero-order valence-electron chi connectivity index (χ0n) is 9.29. The minimum Gasteiger partial charge on any atom is -0.399 e. The summed E-state index contributed by atoms with van der Waals surface area (Å²) < 4.78 is 0. The molecule has 78 valence electrons. The van der Waals surface area contributed by atoms with Gasteiger partial charge in [-0.1, -0.05) is 38.8 Å². The van der Waals surface area contributed by atoms with Crippen LogP contribution in [-0.4, -0.2) is 0 Å². The second-order valence-electron chi connectivity index (χ2n) is 4.38. The number of nitrogens with two attached hydrogens (primary N) is 1. The molecule has 1 nitrogen and oxygen atoms in total. The van der Waals surface area contributed by atoms with Crippen LogP contribution in [-0.2, 0) is 6.42 Å². The van der Waals surface area contributed by atoms with Gasteiger partial charge in [0, 0.05) is 5.69 Å². The number of hydrogen-bond donors (Lipinski definition) is 1. The van der Waals surface area contributed by atoms with Crippen LogP contribution in [0.3, 0.4) is 0 Å². The molecule has 0 aliphatic carbocycles. The third-order valence-corrected chi connectivity index (χ3v) is 2.45. The van der Waals surface area contributed by atoms with E-state index in [0.717, 1.165) is 18.0 Å². The maximum absolute atomic E-state index is 5.71. The molecule has 0 aliphatic rings. The van der Waals surface area contributed by atoms with Crippen LogP contribution in [0, 0.1) is 5.92 Å². The van der Waals surface area contributed by atoms with E-state index in [0.29, 0.717) is 0 Å². The molecule has 0 heterocycles. The van der Waals surface area contributed by atoms with Crippen molar-refractivity contribution in [3.05, 3.63) is 29.8 Å². The predicted octanol–water partition coefficient (Wildman–Crippen LogP) is 3.64. The Labute approximate surface area is 87.3 Å². The van der Waals surface area contributed by atoms with E-state index in [1.165, 1.54) is 24.8 Å². The zero-order valence-corrected chi connectivity index (χ0v) is 9.29. The fourth-order valence-electron chi connectivity index (χ4n) is 1.63. The Morgan fingerprint density at radius 3 is 2.64 bits per heavy atom. The Bertz CT molecular complexity index is 266. The molecule has 0 saturated carbocycles. The van der Waals surface area contributed by atoms with E-state index in [1.807, 2.05) is 12.1 Å². The Morgan fingerprint density at radius 2 is 2.00 bits per heavy atom. The maximum Gasteiger partial charge on any atom is 0.0316 e. The molecule has 1 aromatic rings. The first-order chi connectivity index (χ1) is 6.68. The summed E-state index contributed by atoms with van der Waals surface area (Å²) in [6.45, 7) is 4.56. The average Bonchev–Trinajstić information content (AvgIpc) is 2.12. The molecule has 0 bridgehead atoms. The highest BCUT2D eigenvalue weighted by Gasteiger charge is 1.96. The Hall–Kier alpha value is -0.980. The first-order valence-corrected chi connectivity index (χ1v) is 5.53. The van der Waals surface area contributed by atoms with Crippen LogP contribution >= 0.6 is 0 Å². The topological polar surface area (TPSA) is 26.0 Å². The van der Waals surface area contributed by atoms with Gasteiger partial charge in [-0.05, 0) is 36.5 Å². The van der Waals surface area contributed by atoms with Crippen molar-refractivity contribution in [2.24, 2.45) is 5.92 Å². The predicted molar refractivity (Wildman–Crippen MR) is 63.2 cm³/mol. The zero-order chi connectivity index (χ0) is 10.4. The number of benzene rings is 1. The summed E-state index contributed by atoms with van der Waals surface area (Å²) >= 11 is 0. The average molecular weight is 191 g/mol. The minimum absolute atomic E-state index is 0.829. The summed E-state index contributed by atoms with van der Waals surface area (Å²) in [5.74, 6) is 0.829. The third kappa shape index (κ3) is 4.31. The summed E-state index contributed by atoms with van der Waals surface area (Å²) in [6.07, 6.45) is 5.11. The SMILES string of the molecule is CC(C)CCCCc1cccc(N)c1. The standard InChI is InChI=1S/C13H21N/c1-11(2)6-3-4-7-12-8-5-9-13(14)10-12/h5,8-11H,3-4,6-7,14H2,1-2H3. The molecule has 0 amide bonds. The largest absolute Gasteiger partial charge is 0.399 e. The van der Waals surface area contributed by atoms with Gasteiger partial charge in [0.1, 0.15) is 0 Å². The number of unbranched alkanes of at least 4 members (excludes halogenated alkanes) is 1. The fourth-order valence-corrected chi connectivity index (χ4v) is 1.63. The van der Waals surface area contributed by atoms with Gasteiger partial charge in [-0.25, -0.2) is 0 Å². The van der Waals surface area contributed by atoms with E-state index >= 15 is 0 Å². The molecular formula is C13H21N. The van der Waals surface area contributed by atoms with Crippen LogP contribution in [0.4, 0.5) is 5.69 Å². The Kier molecular flexibility index (Phi) is 4.51. The number of aryl methyl sites for hydroxylation is 1. The molecule has 14 heavy (non-hydrogen) atoms. The summed E-state index contributed by atoms with van der Waals surface area (Å²) in [6, 6.07) is 8.21. The van der Waals surface area contributed by atoms with Crippen LogP contribution in [0.15, 0.2) is 24.3 Å². The second-order valence-corrected chi connectivity index (χ2v) is 4.38. The highest BCUT2D eigenvalue weighted by molar-refractivity contribution is 5.40. The first kappa shape index (κ1) is 11.1. The fraction of sp³-hybridized carbons (Fsp3) is 0.538. The number of rotatable bonds is 5. The van der Waals surface area contributed by atoms with E-state index < -0.39 is 0 Å².